The number of nitrogens with one attached hydrogen (secondary N) is 1. The summed E-state index contributed by atoms with van der Waals surface area (Å²) in [4.78, 5) is 11.4. The Balaban J connectivity index is 2.65. The summed E-state index contributed by atoms with van der Waals surface area (Å²) in [6.07, 6.45) is 0. The number of carbonyl (C=O) groups excluding carboxylic acids is 1. The highest BCUT2D eigenvalue weighted by molar-refractivity contribution is 5.94. The van der Waals surface area contributed by atoms with Gasteiger partial charge in [0.25, 0.3) is 5.91 Å². The number of phenolic OH excluding ortho intramolecular Hbond substituents is 1. The Bertz CT molecular complexity index is 358. The first-order chi connectivity index (χ1) is 6.59. The number of phenols is 1. The van der Waals surface area contributed by atoms with Gasteiger partial charge >= 0.3 is 0 Å². The minimum absolute atomic E-state index is 0.0907. The number of amides is 1. The van der Waals surface area contributed by atoms with Gasteiger partial charge in [-0.2, -0.15) is 0 Å². The zero-order valence-corrected chi connectivity index (χ0v) is 8.08. The fourth-order valence-electron chi connectivity index (χ4n) is 0.980. The van der Waals surface area contributed by atoms with Gasteiger partial charge in [-0.15, -0.1) is 0 Å². The maximum atomic E-state index is 11.4. The van der Waals surface area contributed by atoms with Crippen molar-refractivity contribution >= 4 is 5.91 Å². The summed E-state index contributed by atoms with van der Waals surface area (Å²) in [7, 11) is 0. The summed E-state index contributed by atoms with van der Waals surface area (Å²) in [6, 6.07) is 6.22. The normalized spacial score (nSPS) is 9.50. The lowest BCUT2D eigenvalue weighted by atomic mass is 10.2. The Labute approximate surface area is 83.1 Å². The van der Waals surface area contributed by atoms with Crippen LogP contribution in [0.5, 0.6) is 5.75 Å². The first-order valence-electron chi connectivity index (χ1n) is 4.31. The lowest BCUT2D eigenvalue weighted by Gasteiger charge is -2.04. The van der Waals surface area contributed by atoms with Crippen LogP contribution in [-0.4, -0.2) is 17.6 Å². The molecule has 2 N–H and O–H groups in total. The van der Waals surface area contributed by atoms with Crippen molar-refractivity contribution in [3.63, 3.8) is 0 Å². The molecule has 0 aliphatic heterocycles. The molecule has 0 aliphatic rings. The van der Waals surface area contributed by atoms with Gasteiger partial charge in [-0.25, -0.2) is 0 Å². The molecule has 0 unspecified atom stereocenters. The van der Waals surface area contributed by atoms with Gasteiger partial charge in [0.1, 0.15) is 5.75 Å². The van der Waals surface area contributed by atoms with E-state index in [4.69, 9.17) is 5.11 Å². The van der Waals surface area contributed by atoms with Gasteiger partial charge in [0.05, 0.1) is 0 Å². The number of rotatable bonds is 3. The van der Waals surface area contributed by atoms with E-state index in [-0.39, 0.29) is 11.7 Å². The van der Waals surface area contributed by atoms with E-state index in [2.05, 4.69) is 11.9 Å². The molecule has 0 aromatic heterocycles. The van der Waals surface area contributed by atoms with Crippen LogP contribution in [0.3, 0.4) is 0 Å². The van der Waals surface area contributed by atoms with Gasteiger partial charge in [-0.05, 0) is 25.1 Å². The molecule has 1 aromatic rings. The summed E-state index contributed by atoms with van der Waals surface area (Å²) >= 11 is 0. The molecule has 74 valence electrons. The minimum atomic E-state index is -0.205. The molecular weight excluding hydrogens is 178 g/mol. The average molecular weight is 191 g/mol. The Hall–Kier alpha value is -1.77. The van der Waals surface area contributed by atoms with Gasteiger partial charge < -0.3 is 10.4 Å². The van der Waals surface area contributed by atoms with Crippen LogP contribution < -0.4 is 5.32 Å². The van der Waals surface area contributed by atoms with Crippen LogP contribution in [0.1, 0.15) is 17.3 Å². The number of benzene rings is 1. The Morgan fingerprint density at radius 1 is 1.57 bits per heavy atom. The monoisotopic (exact) mass is 191 g/mol. The first-order valence-corrected chi connectivity index (χ1v) is 4.31. The number of hydrogen-bond acceptors (Lipinski definition) is 2. The molecule has 3 heteroatoms. The molecule has 0 radical (unpaired) electrons. The van der Waals surface area contributed by atoms with Crippen molar-refractivity contribution in [2.45, 2.75) is 6.92 Å². The summed E-state index contributed by atoms with van der Waals surface area (Å²) in [5, 5.41) is 11.8. The van der Waals surface area contributed by atoms with Gasteiger partial charge in [0.15, 0.2) is 0 Å². The van der Waals surface area contributed by atoms with Crippen molar-refractivity contribution in [1.29, 1.82) is 0 Å². The second-order valence-corrected chi connectivity index (χ2v) is 3.19. The molecule has 14 heavy (non-hydrogen) atoms. The molecule has 1 aromatic carbocycles. The smallest absolute Gasteiger partial charge is 0.251 e. The number of carbonyl (C=O) groups is 1. The number of aromatic hydroxyl groups is 1. The van der Waals surface area contributed by atoms with Crippen LogP contribution in [-0.2, 0) is 0 Å². The lowest BCUT2D eigenvalue weighted by molar-refractivity contribution is 0.0956. The first kappa shape index (κ1) is 10.3. The van der Waals surface area contributed by atoms with Gasteiger partial charge in [-0.3, -0.25) is 4.79 Å². The standard InChI is InChI=1S/C11H13NO2/c1-8(2)7-12-11(14)9-4-3-5-10(13)6-9/h3-6,13H,1,7H2,2H3,(H,12,14). The van der Waals surface area contributed by atoms with Gasteiger partial charge in [0, 0.05) is 12.1 Å². The Morgan fingerprint density at radius 3 is 2.86 bits per heavy atom. The van der Waals surface area contributed by atoms with Gasteiger partial charge in [-0.1, -0.05) is 18.2 Å². The van der Waals surface area contributed by atoms with E-state index in [0.717, 1.165) is 5.57 Å². The summed E-state index contributed by atoms with van der Waals surface area (Å²) in [6.45, 7) is 5.96. The maximum Gasteiger partial charge on any atom is 0.251 e. The van der Waals surface area contributed by atoms with Crippen LogP contribution in [0.2, 0.25) is 0 Å². The molecule has 0 saturated heterocycles. The second kappa shape index (κ2) is 4.46. The predicted octanol–water partition coefficient (Wildman–Crippen LogP) is 1.70. The second-order valence-electron chi connectivity index (χ2n) is 3.19. The maximum absolute atomic E-state index is 11.4. The predicted molar refractivity (Wildman–Crippen MR) is 55.3 cm³/mol. The molecule has 0 heterocycles. The fraction of sp³-hybridized carbons (Fsp3) is 0.182. The molecule has 1 rings (SSSR count). The molecule has 0 spiro atoms. The highest BCUT2D eigenvalue weighted by atomic mass is 16.3. The van der Waals surface area contributed by atoms with Crippen LogP contribution in [0.15, 0.2) is 36.4 Å². The largest absolute Gasteiger partial charge is 0.508 e. The van der Waals surface area contributed by atoms with E-state index >= 15 is 0 Å². The lowest BCUT2D eigenvalue weighted by Crippen LogP contribution is -2.24. The van der Waals surface area contributed by atoms with E-state index in [1.807, 2.05) is 6.92 Å². The molecule has 0 bridgehead atoms. The quantitative estimate of drug-likeness (QED) is 0.714. The molecular formula is C11H13NO2. The molecule has 0 aliphatic carbocycles. The summed E-state index contributed by atoms with van der Waals surface area (Å²) in [5.41, 5.74) is 1.34. The van der Waals surface area contributed by atoms with Crippen molar-refractivity contribution in [3.8, 4) is 5.75 Å². The van der Waals surface area contributed by atoms with Crippen molar-refractivity contribution in [2.24, 2.45) is 0 Å². The van der Waals surface area contributed by atoms with Crippen molar-refractivity contribution < 1.29 is 9.90 Å². The van der Waals surface area contributed by atoms with Crippen LogP contribution in [0, 0.1) is 0 Å². The van der Waals surface area contributed by atoms with Crippen LogP contribution in [0.25, 0.3) is 0 Å². The highest BCUT2D eigenvalue weighted by Gasteiger charge is 2.04. The Kier molecular flexibility index (Phi) is 3.29. The highest BCUT2D eigenvalue weighted by Crippen LogP contribution is 2.10. The third-order valence-electron chi connectivity index (χ3n) is 1.66. The topological polar surface area (TPSA) is 49.3 Å². The molecule has 3 nitrogen and oxygen atoms in total. The SMILES string of the molecule is C=C(C)CNC(=O)c1cccc(O)c1. The van der Waals surface area contributed by atoms with Crippen molar-refractivity contribution in [2.75, 3.05) is 6.54 Å². The molecule has 0 atom stereocenters. The van der Waals surface area contributed by atoms with Crippen molar-refractivity contribution in [1.82, 2.24) is 5.32 Å². The third-order valence-corrected chi connectivity index (χ3v) is 1.66. The molecule has 1 amide bonds. The van der Waals surface area contributed by atoms with E-state index in [9.17, 15) is 4.79 Å². The molecule has 0 saturated carbocycles. The minimum Gasteiger partial charge on any atom is -0.508 e. The fourth-order valence-corrected chi connectivity index (χ4v) is 0.980. The zero-order chi connectivity index (χ0) is 10.6. The summed E-state index contributed by atoms with van der Waals surface area (Å²) in [5.74, 6) is -0.114. The van der Waals surface area contributed by atoms with Crippen molar-refractivity contribution in [3.05, 3.63) is 42.0 Å². The van der Waals surface area contributed by atoms with E-state index in [1.165, 1.54) is 12.1 Å². The van der Waals surface area contributed by atoms with Crippen LogP contribution in [0.4, 0.5) is 0 Å². The van der Waals surface area contributed by atoms with E-state index < -0.39 is 0 Å². The Morgan fingerprint density at radius 2 is 2.29 bits per heavy atom. The van der Waals surface area contributed by atoms with E-state index in [0.29, 0.717) is 12.1 Å². The third kappa shape index (κ3) is 2.94. The average Bonchev–Trinajstić information content (AvgIpc) is 2.14. The van der Waals surface area contributed by atoms with Crippen LogP contribution >= 0.6 is 0 Å². The number of hydrogen-bond donors (Lipinski definition) is 2. The van der Waals surface area contributed by atoms with Gasteiger partial charge in [0.2, 0.25) is 0 Å². The zero-order valence-electron chi connectivity index (χ0n) is 8.08. The molecule has 0 fully saturated rings. The summed E-state index contributed by atoms with van der Waals surface area (Å²) < 4.78 is 0. The van der Waals surface area contributed by atoms with E-state index in [1.54, 1.807) is 12.1 Å².